The summed E-state index contributed by atoms with van der Waals surface area (Å²) in [4.78, 5) is 26.1. The summed E-state index contributed by atoms with van der Waals surface area (Å²) in [6.45, 7) is 11.0. The lowest BCUT2D eigenvalue weighted by molar-refractivity contribution is 0.246. The zero-order chi connectivity index (χ0) is 26.6. The Morgan fingerprint density at radius 2 is 2.00 bits per heavy atom. The number of nitrogen functional groups attached to an aromatic ring is 1. The second-order valence-electron chi connectivity index (χ2n) is 9.66. The van der Waals surface area contributed by atoms with E-state index in [0.29, 0.717) is 22.9 Å². The van der Waals surface area contributed by atoms with Crippen LogP contribution in [0.3, 0.4) is 0 Å². The Morgan fingerprint density at radius 3 is 2.74 bits per heavy atom. The first-order valence-corrected chi connectivity index (χ1v) is 13.6. The van der Waals surface area contributed by atoms with E-state index >= 15 is 0 Å². The lowest BCUT2D eigenvalue weighted by Crippen LogP contribution is -2.31. The fourth-order valence-electron chi connectivity index (χ4n) is 4.80. The molecular weight excluding hydrogens is 492 g/mol. The summed E-state index contributed by atoms with van der Waals surface area (Å²) in [5.41, 5.74) is 12.2. The van der Waals surface area contributed by atoms with Crippen molar-refractivity contribution in [2.75, 3.05) is 25.4 Å². The highest BCUT2D eigenvalue weighted by Gasteiger charge is 2.19. The number of aryl methyl sites for hydroxylation is 1. The minimum Gasteiger partial charge on any atom is -0.397 e. The van der Waals surface area contributed by atoms with Gasteiger partial charge in [0.05, 0.1) is 21.8 Å². The highest BCUT2D eigenvalue weighted by Crippen LogP contribution is 2.31. The van der Waals surface area contributed by atoms with Crippen molar-refractivity contribution in [2.45, 2.75) is 33.1 Å². The molecule has 4 aromatic heterocycles. The molecule has 4 N–H and O–H groups in total. The number of fused-ring (bicyclic) bond motifs is 1. The zero-order valence-electron chi connectivity index (χ0n) is 21.8. The number of aromatic nitrogens is 4. The number of H-pyrrole nitrogens is 1. The number of rotatable bonds is 8. The number of aromatic amines is 1. The average Bonchev–Trinajstić information content (AvgIpc) is 3.55. The summed E-state index contributed by atoms with van der Waals surface area (Å²) in [6.07, 6.45) is 9.36. The Kier molecular flexibility index (Phi) is 7.57. The number of aliphatic imine (C=N–C) groups is 1. The van der Waals surface area contributed by atoms with Crippen molar-refractivity contribution >= 4 is 46.1 Å². The molecule has 0 saturated carbocycles. The number of nitrogens with two attached hydrogens (primary N) is 1. The van der Waals surface area contributed by atoms with E-state index in [4.69, 9.17) is 21.1 Å². The molecule has 0 aromatic carbocycles. The van der Waals surface area contributed by atoms with Crippen molar-refractivity contribution in [1.82, 2.24) is 24.8 Å². The molecule has 9 heteroatoms. The van der Waals surface area contributed by atoms with Crippen LogP contribution in [-0.4, -0.2) is 56.9 Å². The van der Waals surface area contributed by atoms with Crippen LogP contribution in [0.25, 0.3) is 27.2 Å². The Bertz CT molecular complexity index is 1550. The molecule has 0 atom stereocenters. The summed E-state index contributed by atoms with van der Waals surface area (Å²) in [5, 5.41) is 8.94. The molecule has 5 heterocycles. The van der Waals surface area contributed by atoms with Crippen LogP contribution < -0.4 is 5.73 Å². The van der Waals surface area contributed by atoms with Gasteiger partial charge < -0.3 is 10.7 Å². The van der Waals surface area contributed by atoms with Crippen molar-refractivity contribution in [3.63, 3.8) is 0 Å². The van der Waals surface area contributed by atoms with Crippen molar-refractivity contribution in [3.8, 4) is 10.6 Å². The van der Waals surface area contributed by atoms with E-state index in [1.807, 2.05) is 18.2 Å². The molecule has 1 aliphatic heterocycles. The molecular formula is C29H32N8S. The summed E-state index contributed by atoms with van der Waals surface area (Å²) >= 11 is 1.67. The molecule has 194 valence electrons. The van der Waals surface area contributed by atoms with Gasteiger partial charge in [0.2, 0.25) is 0 Å². The minimum absolute atomic E-state index is 0.119. The van der Waals surface area contributed by atoms with E-state index in [-0.39, 0.29) is 5.71 Å². The highest BCUT2D eigenvalue weighted by molar-refractivity contribution is 7.15. The fraction of sp³-hybridized carbons (Fsp3) is 0.276. The molecule has 5 rings (SSSR count). The van der Waals surface area contributed by atoms with Gasteiger partial charge in [0.15, 0.2) is 5.82 Å². The first-order chi connectivity index (χ1) is 18.4. The van der Waals surface area contributed by atoms with E-state index < -0.39 is 0 Å². The predicted molar refractivity (Wildman–Crippen MR) is 158 cm³/mol. The molecule has 0 bridgehead atoms. The maximum Gasteiger partial charge on any atom is 0.158 e. The summed E-state index contributed by atoms with van der Waals surface area (Å²) in [7, 11) is 0. The second-order valence-corrected chi connectivity index (χ2v) is 10.9. The fourth-order valence-corrected chi connectivity index (χ4v) is 5.66. The van der Waals surface area contributed by atoms with Gasteiger partial charge in [-0.3, -0.25) is 20.3 Å². The molecule has 0 amide bonds. The summed E-state index contributed by atoms with van der Waals surface area (Å²) < 4.78 is 0. The number of likely N-dealkylation sites (tertiary alicyclic amines) is 1. The molecule has 0 aliphatic carbocycles. The van der Waals surface area contributed by atoms with Crippen LogP contribution in [0.4, 0.5) is 5.69 Å². The standard InChI is InChI=1S/C29H32N8S/c1-18(17-37-13-5-4-6-14-37)15-20(16-32-3)22-9-8-21(30)26(34-22)25(31)29-35-23-11-12-33-28(27(23)36-29)24-10-7-19(2)38-24/h7-12,15-16,31H,3-6,13-14,17,30H2,1-2H3,(H,35,36)/b18-15+,20-16+,31-25?. The molecule has 0 spiro atoms. The molecule has 1 aliphatic rings. The highest BCUT2D eigenvalue weighted by atomic mass is 32.1. The van der Waals surface area contributed by atoms with Gasteiger partial charge in [0.1, 0.15) is 22.6 Å². The largest absolute Gasteiger partial charge is 0.397 e. The van der Waals surface area contributed by atoms with Gasteiger partial charge in [-0.2, -0.15) is 0 Å². The van der Waals surface area contributed by atoms with Crippen LogP contribution in [0.15, 0.2) is 59.4 Å². The molecule has 1 saturated heterocycles. The second kappa shape index (κ2) is 11.2. The van der Waals surface area contributed by atoms with Gasteiger partial charge in [0.25, 0.3) is 0 Å². The number of allylic oxidation sites excluding steroid dienone is 2. The molecule has 38 heavy (non-hydrogen) atoms. The molecule has 1 fully saturated rings. The van der Waals surface area contributed by atoms with Crippen LogP contribution in [0.1, 0.15) is 48.3 Å². The Hall–Kier alpha value is -3.95. The zero-order valence-corrected chi connectivity index (χ0v) is 22.6. The number of imidazole rings is 1. The maximum atomic E-state index is 8.94. The monoisotopic (exact) mass is 524 g/mol. The van der Waals surface area contributed by atoms with Crippen LogP contribution >= 0.6 is 11.3 Å². The Labute approximate surface area is 226 Å². The summed E-state index contributed by atoms with van der Waals surface area (Å²) in [6, 6.07) is 9.61. The van der Waals surface area contributed by atoms with E-state index in [2.05, 4.69) is 52.6 Å². The minimum atomic E-state index is 0.119. The first-order valence-electron chi connectivity index (χ1n) is 12.8. The SMILES string of the molecule is C=N/C=C(\C=C(/C)CN1CCCCC1)c1ccc(N)c(C(=N)c2nc3c(-c4ccc(C)s4)nccc3[nH]2)n1. The quantitative estimate of drug-likeness (QED) is 0.197. The lowest BCUT2D eigenvalue weighted by Gasteiger charge is -2.26. The maximum absolute atomic E-state index is 8.94. The lowest BCUT2D eigenvalue weighted by atomic mass is 10.1. The van der Waals surface area contributed by atoms with Crippen LogP contribution in [-0.2, 0) is 0 Å². The van der Waals surface area contributed by atoms with Gasteiger partial charge >= 0.3 is 0 Å². The van der Waals surface area contributed by atoms with Gasteiger partial charge in [0, 0.05) is 29.4 Å². The van der Waals surface area contributed by atoms with Crippen molar-refractivity contribution in [1.29, 1.82) is 5.41 Å². The molecule has 4 aromatic rings. The van der Waals surface area contributed by atoms with Crippen LogP contribution in [0.2, 0.25) is 0 Å². The van der Waals surface area contributed by atoms with Gasteiger partial charge in [-0.25, -0.2) is 9.97 Å². The number of pyridine rings is 2. The smallest absolute Gasteiger partial charge is 0.158 e. The van der Waals surface area contributed by atoms with E-state index in [9.17, 15) is 0 Å². The molecule has 8 nitrogen and oxygen atoms in total. The van der Waals surface area contributed by atoms with Crippen LogP contribution in [0.5, 0.6) is 0 Å². The average molecular weight is 525 g/mol. The predicted octanol–water partition coefficient (Wildman–Crippen LogP) is 5.86. The van der Waals surface area contributed by atoms with Gasteiger partial charge in [-0.15, -0.1) is 11.3 Å². The number of thiophene rings is 1. The number of nitrogens with one attached hydrogen (secondary N) is 2. The molecule has 0 radical (unpaired) electrons. The number of piperidine rings is 1. The van der Waals surface area contributed by atoms with Crippen molar-refractivity contribution in [2.24, 2.45) is 4.99 Å². The third-order valence-electron chi connectivity index (χ3n) is 6.62. The number of hydrogen-bond donors (Lipinski definition) is 3. The van der Waals surface area contributed by atoms with Gasteiger partial charge in [-0.05, 0) is 76.8 Å². The van der Waals surface area contributed by atoms with E-state index in [1.54, 1.807) is 29.8 Å². The van der Waals surface area contributed by atoms with Crippen molar-refractivity contribution in [3.05, 3.63) is 76.5 Å². The third-order valence-corrected chi connectivity index (χ3v) is 7.63. The normalized spacial score (nSPS) is 15.2. The Balaban J connectivity index is 1.46. The third kappa shape index (κ3) is 5.49. The number of anilines is 1. The number of nitrogens with zero attached hydrogens (tertiary/aromatic N) is 5. The first kappa shape index (κ1) is 25.7. The Morgan fingerprint density at radius 1 is 1.18 bits per heavy atom. The van der Waals surface area contributed by atoms with E-state index in [1.165, 1.54) is 29.7 Å². The van der Waals surface area contributed by atoms with Crippen molar-refractivity contribution < 1.29 is 0 Å². The molecule has 0 unspecified atom stereocenters. The number of hydrogen-bond acceptors (Lipinski definition) is 8. The van der Waals surface area contributed by atoms with Crippen LogP contribution in [0, 0.1) is 12.3 Å². The van der Waals surface area contributed by atoms with Gasteiger partial charge in [-0.1, -0.05) is 18.1 Å². The topological polar surface area (TPSA) is 120 Å². The summed E-state index contributed by atoms with van der Waals surface area (Å²) in [5.74, 6) is 0.392. The van der Waals surface area contributed by atoms with E-state index in [0.717, 1.165) is 46.8 Å².